The normalized spacial score (nSPS) is 25.5. The molecule has 0 aromatic heterocycles. The molecule has 1 aliphatic carbocycles. The van der Waals surface area contributed by atoms with Gasteiger partial charge in [0.25, 0.3) is 0 Å². The number of carbonyl (C=O) groups is 1. The molecule has 2 atom stereocenters. The van der Waals surface area contributed by atoms with Crippen LogP contribution in [-0.2, 0) is 11.2 Å². The summed E-state index contributed by atoms with van der Waals surface area (Å²) in [5.41, 5.74) is 1.81. The molecule has 0 saturated carbocycles. The van der Waals surface area contributed by atoms with Crippen molar-refractivity contribution >= 4 is 5.97 Å². The molecule has 0 aliphatic heterocycles. The highest BCUT2D eigenvalue weighted by Crippen LogP contribution is 2.31. The van der Waals surface area contributed by atoms with Crippen molar-refractivity contribution in [1.82, 2.24) is 0 Å². The van der Waals surface area contributed by atoms with Crippen LogP contribution in [-0.4, -0.2) is 22.3 Å². The Kier molecular flexibility index (Phi) is 2.25. The van der Waals surface area contributed by atoms with E-state index in [0.29, 0.717) is 6.42 Å². The molecule has 0 spiro atoms. The van der Waals surface area contributed by atoms with Crippen LogP contribution >= 0.6 is 0 Å². The van der Waals surface area contributed by atoms with E-state index in [0.717, 1.165) is 17.5 Å². The monoisotopic (exact) mass is 192 g/mol. The number of rotatable bonds is 1. The lowest BCUT2D eigenvalue weighted by Gasteiger charge is -2.26. The number of aliphatic hydroxyl groups is 1. The van der Waals surface area contributed by atoms with Crippen molar-refractivity contribution in [2.24, 2.45) is 0 Å². The minimum Gasteiger partial charge on any atom is -0.481 e. The first kappa shape index (κ1) is 9.21. The van der Waals surface area contributed by atoms with E-state index in [-0.39, 0.29) is 0 Å². The van der Waals surface area contributed by atoms with Crippen LogP contribution < -0.4 is 0 Å². The molecular formula is C11H12O3. The molecule has 0 fully saturated rings. The minimum atomic E-state index is -0.940. The van der Waals surface area contributed by atoms with Gasteiger partial charge in [0.2, 0.25) is 0 Å². The second kappa shape index (κ2) is 3.42. The Morgan fingerprint density at radius 1 is 1.36 bits per heavy atom. The summed E-state index contributed by atoms with van der Waals surface area (Å²) in [4.78, 5) is 11.0. The fourth-order valence-electron chi connectivity index (χ4n) is 2.04. The third-order valence-electron chi connectivity index (χ3n) is 2.75. The van der Waals surface area contributed by atoms with Crippen LogP contribution in [0.25, 0.3) is 0 Å². The third kappa shape index (κ3) is 1.40. The lowest BCUT2D eigenvalue weighted by atomic mass is 9.81. The Morgan fingerprint density at radius 3 is 2.79 bits per heavy atom. The van der Waals surface area contributed by atoms with Crippen LogP contribution in [0.3, 0.4) is 0 Å². The van der Waals surface area contributed by atoms with Crippen LogP contribution in [0.1, 0.15) is 23.5 Å². The molecule has 2 N–H and O–H groups in total. The molecule has 0 heterocycles. The van der Waals surface area contributed by atoms with E-state index < -0.39 is 18.0 Å². The average molecular weight is 192 g/mol. The van der Waals surface area contributed by atoms with E-state index in [9.17, 15) is 9.90 Å². The van der Waals surface area contributed by atoms with Gasteiger partial charge in [0, 0.05) is 0 Å². The zero-order chi connectivity index (χ0) is 10.1. The van der Waals surface area contributed by atoms with Crippen LogP contribution in [0, 0.1) is 0 Å². The first-order valence-corrected chi connectivity index (χ1v) is 4.69. The van der Waals surface area contributed by atoms with Gasteiger partial charge in [0.1, 0.15) is 5.92 Å². The van der Waals surface area contributed by atoms with Gasteiger partial charge in [-0.1, -0.05) is 24.3 Å². The zero-order valence-electron chi connectivity index (χ0n) is 7.68. The van der Waals surface area contributed by atoms with Crippen molar-refractivity contribution in [3.63, 3.8) is 0 Å². The number of aliphatic hydroxyl groups excluding tert-OH is 1. The van der Waals surface area contributed by atoms with Crippen LogP contribution in [0.5, 0.6) is 0 Å². The lowest BCUT2D eigenvalue weighted by Crippen LogP contribution is -2.30. The number of fused-ring (bicyclic) bond motifs is 1. The van der Waals surface area contributed by atoms with Gasteiger partial charge in [-0.25, -0.2) is 0 Å². The molecule has 1 aromatic rings. The zero-order valence-corrected chi connectivity index (χ0v) is 7.68. The predicted molar refractivity (Wildman–Crippen MR) is 51.1 cm³/mol. The maximum absolute atomic E-state index is 11.0. The molecule has 2 unspecified atom stereocenters. The quantitative estimate of drug-likeness (QED) is 0.702. The van der Waals surface area contributed by atoms with E-state index in [1.807, 2.05) is 18.2 Å². The molecule has 0 amide bonds. The summed E-state index contributed by atoms with van der Waals surface area (Å²) < 4.78 is 0. The van der Waals surface area contributed by atoms with Gasteiger partial charge in [-0.15, -0.1) is 0 Å². The number of benzene rings is 1. The number of hydrogen-bond acceptors (Lipinski definition) is 2. The first-order valence-electron chi connectivity index (χ1n) is 4.69. The second-order valence-corrected chi connectivity index (χ2v) is 3.62. The minimum absolute atomic E-state index is 0.536. The maximum atomic E-state index is 11.0. The molecule has 0 radical (unpaired) electrons. The molecule has 2 rings (SSSR count). The molecule has 1 aliphatic rings. The van der Waals surface area contributed by atoms with Gasteiger partial charge in [0.05, 0.1) is 6.10 Å². The fraction of sp³-hybridized carbons (Fsp3) is 0.364. The Hall–Kier alpha value is -1.35. The van der Waals surface area contributed by atoms with Crippen molar-refractivity contribution in [2.45, 2.75) is 24.9 Å². The largest absolute Gasteiger partial charge is 0.481 e. The van der Waals surface area contributed by atoms with Crippen molar-refractivity contribution in [1.29, 1.82) is 0 Å². The Morgan fingerprint density at radius 2 is 2.07 bits per heavy atom. The average Bonchev–Trinajstić information content (AvgIpc) is 2.17. The SMILES string of the molecule is O=C(O)C1c2ccccc2CCC1O. The van der Waals surface area contributed by atoms with Gasteiger partial charge < -0.3 is 10.2 Å². The van der Waals surface area contributed by atoms with Gasteiger partial charge >= 0.3 is 5.97 Å². The van der Waals surface area contributed by atoms with Crippen molar-refractivity contribution in [3.8, 4) is 0 Å². The topological polar surface area (TPSA) is 57.5 Å². The van der Waals surface area contributed by atoms with Crippen molar-refractivity contribution in [3.05, 3.63) is 35.4 Å². The molecule has 0 bridgehead atoms. The van der Waals surface area contributed by atoms with Gasteiger partial charge in [-0.05, 0) is 24.0 Å². The molecular weight excluding hydrogens is 180 g/mol. The second-order valence-electron chi connectivity index (χ2n) is 3.62. The maximum Gasteiger partial charge on any atom is 0.313 e. The van der Waals surface area contributed by atoms with Crippen LogP contribution in [0.2, 0.25) is 0 Å². The van der Waals surface area contributed by atoms with Gasteiger partial charge in [-0.3, -0.25) is 4.79 Å². The number of hydrogen-bond donors (Lipinski definition) is 2. The lowest BCUT2D eigenvalue weighted by molar-refractivity contribution is -0.142. The highest BCUT2D eigenvalue weighted by Gasteiger charge is 2.33. The Balaban J connectivity index is 2.46. The van der Waals surface area contributed by atoms with E-state index in [4.69, 9.17) is 5.11 Å². The number of carboxylic acid groups (broad SMARTS) is 1. The highest BCUT2D eigenvalue weighted by molar-refractivity contribution is 5.78. The van der Waals surface area contributed by atoms with Gasteiger partial charge in [-0.2, -0.15) is 0 Å². The fourth-order valence-corrected chi connectivity index (χ4v) is 2.04. The van der Waals surface area contributed by atoms with E-state index in [1.54, 1.807) is 6.07 Å². The van der Waals surface area contributed by atoms with Gasteiger partial charge in [0.15, 0.2) is 0 Å². The highest BCUT2D eigenvalue weighted by atomic mass is 16.4. The number of aryl methyl sites for hydroxylation is 1. The Bertz CT molecular complexity index is 359. The molecule has 74 valence electrons. The van der Waals surface area contributed by atoms with E-state index in [1.165, 1.54) is 0 Å². The number of aliphatic carboxylic acids is 1. The molecule has 3 heteroatoms. The first-order chi connectivity index (χ1) is 6.70. The third-order valence-corrected chi connectivity index (χ3v) is 2.75. The van der Waals surface area contributed by atoms with Crippen LogP contribution in [0.15, 0.2) is 24.3 Å². The summed E-state index contributed by atoms with van der Waals surface area (Å²) in [6.07, 6.45) is 0.553. The van der Waals surface area contributed by atoms with Crippen LogP contribution in [0.4, 0.5) is 0 Å². The summed E-state index contributed by atoms with van der Waals surface area (Å²) in [5.74, 6) is -1.69. The summed E-state index contributed by atoms with van der Waals surface area (Å²) in [7, 11) is 0. The van der Waals surface area contributed by atoms with Crippen molar-refractivity contribution < 1.29 is 15.0 Å². The van der Waals surface area contributed by atoms with E-state index in [2.05, 4.69) is 0 Å². The van der Waals surface area contributed by atoms with E-state index >= 15 is 0 Å². The molecule has 0 saturated heterocycles. The predicted octanol–water partition coefficient (Wildman–Crippen LogP) is 1.16. The summed E-state index contributed by atoms with van der Waals surface area (Å²) in [5, 5.41) is 18.6. The summed E-state index contributed by atoms with van der Waals surface area (Å²) in [6.45, 7) is 0. The number of carboxylic acids is 1. The summed E-state index contributed by atoms with van der Waals surface area (Å²) >= 11 is 0. The molecule has 1 aromatic carbocycles. The molecule has 3 nitrogen and oxygen atoms in total. The smallest absolute Gasteiger partial charge is 0.313 e. The standard InChI is InChI=1S/C11H12O3/c12-9-6-5-7-3-1-2-4-8(7)10(9)11(13)14/h1-4,9-10,12H,5-6H2,(H,13,14). The van der Waals surface area contributed by atoms with Crippen molar-refractivity contribution in [2.75, 3.05) is 0 Å². The summed E-state index contributed by atoms with van der Waals surface area (Å²) in [6, 6.07) is 7.43. The Labute approximate surface area is 82.0 Å². The molecule has 14 heavy (non-hydrogen) atoms.